The van der Waals surface area contributed by atoms with Crippen LogP contribution in [0, 0.1) is 0 Å². The van der Waals surface area contributed by atoms with Gasteiger partial charge in [-0.25, -0.2) is 8.42 Å². The first-order chi connectivity index (χ1) is 16.6. The Bertz CT molecular complexity index is 1120. The molecule has 0 radical (unpaired) electrons. The normalized spacial score (nSPS) is 24.1. The lowest BCUT2D eigenvalue weighted by atomic mass is 9.84. The zero-order valence-corrected chi connectivity index (χ0v) is 24.3. The summed E-state index contributed by atoms with van der Waals surface area (Å²) in [6.07, 6.45) is 8.48. The number of sulfone groups is 1. The van der Waals surface area contributed by atoms with Gasteiger partial charge in [0.2, 0.25) is 0 Å². The van der Waals surface area contributed by atoms with Gasteiger partial charge in [0.05, 0.1) is 26.0 Å². The second-order valence-corrected chi connectivity index (χ2v) is 20.1. The molecule has 2 heterocycles. The van der Waals surface area contributed by atoms with Crippen LogP contribution < -0.4 is 0 Å². The average Bonchev–Trinajstić information content (AvgIpc) is 3.31. The molecular formula is C28H40O4S2Si. The Morgan fingerprint density at radius 1 is 1.03 bits per heavy atom. The van der Waals surface area contributed by atoms with Gasteiger partial charge in [0.25, 0.3) is 0 Å². The number of carbonyl (C=O) groups is 1. The van der Waals surface area contributed by atoms with Gasteiger partial charge in [0.15, 0.2) is 9.84 Å². The van der Waals surface area contributed by atoms with Crippen LogP contribution in [0.5, 0.6) is 0 Å². The second kappa shape index (κ2) is 10.5. The first-order valence-corrected chi connectivity index (χ1v) is 19.2. The van der Waals surface area contributed by atoms with Crippen molar-refractivity contribution in [3.05, 3.63) is 46.8 Å². The van der Waals surface area contributed by atoms with Crippen LogP contribution in [0.4, 0.5) is 0 Å². The summed E-state index contributed by atoms with van der Waals surface area (Å²) in [5.41, 5.74) is 1.91. The molecule has 2 fully saturated rings. The molecule has 0 N–H and O–H groups in total. The lowest BCUT2D eigenvalue weighted by Gasteiger charge is -2.45. The molecule has 2 aromatic rings. The van der Waals surface area contributed by atoms with Gasteiger partial charge in [-0.05, 0) is 61.8 Å². The fourth-order valence-electron chi connectivity index (χ4n) is 6.30. The summed E-state index contributed by atoms with van der Waals surface area (Å²) >= 11 is 1.55. The first kappa shape index (κ1) is 26.6. The van der Waals surface area contributed by atoms with E-state index in [1.165, 1.54) is 37.7 Å². The molecule has 7 heteroatoms. The van der Waals surface area contributed by atoms with E-state index in [0.29, 0.717) is 18.8 Å². The van der Waals surface area contributed by atoms with Crippen molar-refractivity contribution in [1.29, 1.82) is 0 Å². The number of hydrogen-bond donors (Lipinski definition) is 0. The van der Waals surface area contributed by atoms with E-state index < -0.39 is 28.2 Å². The minimum atomic E-state index is -3.53. The number of hydrogen-bond acceptors (Lipinski definition) is 5. The highest BCUT2D eigenvalue weighted by molar-refractivity contribution is 7.92. The summed E-state index contributed by atoms with van der Waals surface area (Å²) in [6.45, 7) is 8.34. The quantitative estimate of drug-likeness (QED) is 0.273. The molecule has 1 unspecified atom stereocenters. The molecule has 0 spiro atoms. The third-order valence-electron chi connectivity index (χ3n) is 7.92. The first-order valence-electron chi connectivity index (χ1n) is 13.2. The van der Waals surface area contributed by atoms with Crippen LogP contribution in [-0.2, 0) is 24.1 Å². The molecular weight excluding hydrogens is 493 g/mol. The van der Waals surface area contributed by atoms with Crippen LogP contribution in [-0.4, -0.2) is 34.8 Å². The van der Waals surface area contributed by atoms with Crippen molar-refractivity contribution >= 4 is 35.2 Å². The van der Waals surface area contributed by atoms with Gasteiger partial charge in [-0.3, -0.25) is 4.79 Å². The van der Waals surface area contributed by atoms with Crippen molar-refractivity contribution in [3.63, 3.8) is 0 Å². The Kier molecular flexibility index (Phi) is 7.99. The van der Waals surface area contributed by atoms with Crippen LogP contribution in [0.3, 0.4) is 0 Å². The lowest BCUT2D eigenvalue weighted by Crippen LogP contribution is -2.54. The molecule has 35 heavy (non-hydrogen) atoms. The molecule has 192 valence electrons. The molecule has 1 saturated carbocycles. The van der Waals surface area contributed by atoms with Crippen LogP contribution >= 0.6 is 11.3 Å². The van der Waals surface area contributed by atoms with E-state index >= 15 is 0 Å². The maximum Gasteiger partial charge on any atom is 0.308 e. The van der Waals surface area contributed by atoms with Gasteiger partial charge >= 0.3 is 5.97 Å². The number of esters is 1. The van der Waals surface area contributed by atoms with Crippen LogP contribution in [0.1, 0.15) is 74.6 Å². The van der Waals surface area contributed by atoms with Crippen LogP contribution in [0.15, 0.2) is 36.4 Å². The molecule has 2 aliphatic rings. The Labute approximate surface area is 216 Å². The summed E-state index contributed by atoms with van der Waals surface area (Å²) in [5, 5.41) is 0. The summed E-state index contributed by atoms with van der Waals surface area (Å²) in [5.74, 6) is 0.454. The van der Waals surface area contributed by atoms with E-state index in [0.717, 1.165) is 21.7 Å². The van der Waals surface area contributed by atoms with Gasteiger partial charge < -0.3 is 4.74 Å². The summed E-state index contributed by atoms with van der Waals surface area (Å²) in [4.78, 5) is 15.2. The third-order valence-corrected chi connectivity index (χ3v) is 14.6. The van der Waals surface area contributed by atoms with E-state index in [1.54, 1.807) is 18.3 Å². The minimum Gasteiger partial charge on any atom is -0.466 e. The molecule has 0 bridgehead atoms. The number of carbonyl (C=O) groups excluding carboxylic acids is 1. The Hall–Kier alpha value is -1.44. The van der Waals surface area contributed by atoms with E-state index in [1.807, 2.05) is 12.1 Å². The van der Waals surface area contributed by atoms with E-state index in [-0.39, 0.29) is 18.3 Å². The smallest absolute Gasteiger partial charge is 0.308 e. The Balaban J connectivity index is 1.75. The predicted octanol–water partition coefficient (Wildman–Crippen LogP) is 7.53. The number of rotatable bonds is 7. The van der Waals surface area contributed by atoms with Gasteiger partial charge in [-0.15, -0.1) is 11.3 Å². The summed E-state index contributed by atoms with van der Waals surface area (Å²) in [6, 6.07) is 12.9. The zero-order valence-electron chi connectivity index (χ0n) is 21.6. The van der Waals surface area contributed by atoms with Gasteiger partial charge in [0, 0.05) is 9.75 Å². The zero-order chi connectivity index (χ0) is 25.3. The number of ether oxygens (including phenoxy) is 1. The van der Waals surface area contributed by atoms with E-state index in [2.05, 4.69) is 43.9 Å². The summed E-state index contributed by atoms with van der Waals surface area (Å²) in [7, 11) is -5.79. The summed E-state index contributed by atoms with van der Waals surface area (Å²) < 4.78 is 32.1. The predicted molar refractivity (Wildman–Crippen MR) is 149 cm³/mol. The van der Waals surface area contributed by atoms with Crippen molar-refractivity contribution in [3.8, 4) is 10.4 Å². The molecule has 0 amide bonds. The van der Waals surface area contributed by atoms with E-state index in [4.69, 9.17) is 4.74 Å². The Morgan fingerprint density at radius 2 is 1.71 bits per heavy atom. The van der Waals surface area contributed by atoms with Crippen molar-refractivity contribution in [2.45, 2.75) is 94.1 Å². The maximum atomic E-state index is 13.9. The highest BCUT2D eigenvalue weighted by atomic mass is 32.2. The fraction of sp³-hybridized carbons (Fsp3) is 0.607. The van der Waals surface area contributed by atoms with Gasteiger partial charge in [0.1, 0.15) is 4.75 Å². The largest absolute Gasteiger partial charge is 0.466 e. The fourth-order valence-corrected chi connectivity index (χ4v) is 14.4. The van der Waals surface area contributed by atoms with Crippen molar-refractivity contribution in [1.82, 2.24) is 0 Å². The molecule has 1 saturated heterocycles. The topological polar surface area (TPSA) is 60.4 Å². The molecule has 1 aliphatic heterocycles. The molecule has 2 atom stereocenters. The SMILES string of the molecule is CCOC(=O)C([C@]1(c2ccc(-c3ccc(C4CCCCC4)cc3)s2)CCCCS1(=O)=O)[Si](C)(C)C. The van der Waals surface area contributed by atoms with Crippen molar-refractivity contribution < 1.29 is 17.9 Å². The highest BCUT2D eigenvalue weighted by Gasteiger charge is 2.60. The van der Waals surface area contributed by atoms with Crippen LogP contribution in [0.25, 0.3) is 10.4 Å². The monoisotopic (exact) mass is 532 g/mol. The maximum absolute atomic E-state index is 13.9. The molecule has 1 aliphatic carbocycles. The Morgan fingerprint density at radius 3 is 2.31 bits per heavy atom. The molecule has 4 nitrogen and oxygen atoms in total. The molecule has 4 rings (SSSR count). The third kappa shape index (κ3) is 5.19. The van der Waals surface area contributed by atoms with E-state index in [9.17, 15) is 13.2 Å². The van der Waals surface area contributed by atoms with Crippen molar-refractivity contribution in [2.75, 3.05) is 12.4 Å². The number of benzene rings is 1. The van der Waals surface area contributed by atoms with Gasteiger partial charge in [-0.1, -0.05) is 69.6 Å². The molecule has 1 aromatic carbocycles. The standard InChI is InChI=1S/C28H40O4S2Si/c1-5-32-27(29)26(35(2,3)4)28(19-9-10-20-34(28,30)31)25-18-17-24(33-25)23-15-13-22(14-16-23)21-11-7-6-8-12-21/h13-18,21,26H,5-12,19-20H2,1-4H3/t26?,28-/m1/s1. The van der Waals surface area contributed by atoms with Crippen molar-refractivity contribution in [2.24, 2.45) is 0 Å². The van der Waals surface area contributed by atoms with Gasteiger partial charge in [-0.2, -0.15) is 0 Å². The van der Waals surface area contributed by atoms with Crippen LogP contribution in [0.2, 0.25) is 25.2 Å². The number of thiophene rings is 1. The lowest BCUT2D eigenvalue weighted by molar-refractivity contribution is -0.144. The molecule has 1 aromatic heterocycles. The minimum absolute atomic E-state index is 0.136. The highest BCUT2D eigenvalue weighted by Crippen LogP contribution is 2.55. The second-order valence-electron chi connectivity index (χ2n) is 11.3. The average molecular weight is 533 g/mol.